The number of fused-ring (bicyclic) bond motifs is 2. The molecule has 0 radical (unpaired) electrons. The van der Waals surface area contributed by atoms with Gasteiger partial charge in [-0.25, -0.2) is 19.2 Å². The topological polar surface area (TPSA) is 118 Å². The van der Waals surface area contributed by atoms with Crippen LogP contribution in [0.5, 0.6) is 0 Å². The van der Waals surface area contributed by atoms with Gasteiger partial charge in [-0.2, -0.15) is 5.10 Å². The molecule has 4 heterocycles. The number of halogens is 2. The van der Waals surface area contributed by atoms with Crippen LogP contribution in [0.15, 0.2) is 35.3 Å². The maximum atomic E-state index is 14.6. The van der Waals surface area contributed by atoms with Crippen LogP contribution in [0.25, 0.3) is 10.9 Å². The number of benzene rings is 1. The lowest BCUT2D eigenvalue weighted by molar-refractivity contribution is 0.0691. The number of carboxylic acid groups (broad SMARTS) is 1. The van der Waals surface area contributed by atoms with Crippen LogP contribution in [-0.4, -0.2) is 35.4 Å². The van der Waals surface area contributed by atoms with Crippen LogP contribution in [0.4, 0.5) is 16.0 Å². The van der Waals surface area contributed by atoms with E-state index < -0.39 is 17.8 Å². The van der Waals surface area contributed by atoms with Crippen LogP contribution in [0.2, 0.25) is 5.15 Å². The fraction of sp³-hybridized carbons (Fsp3) is 0.261. The summed E-state index contributed by atoms with van der Waals surface area (Å²) in [6, 6.07) is 4.80. The molecule has 0 saturated heterocycles. The van der Waals surface area contributed by atoms with Crippen LogP contribution < -0.4 is 15.8 Å². The van der Waals surface area contributed by atoms with Gasteiger partial charge in [-0.05, 0) is 31.2 Å². The maximum Gasteiger partial charge on any atom is 0.356 e. The highest BCUT2D eigenvalue weighted by molar-refractivity contribution is 6.29. The molecule has 0 fully saturated rings. The Hall–Kier alpha value is -3.99. The lowest BCUT2D eigenvalue weighted by Crippen LogP contribution is -2.29. The van der Waals surface area contributed by atoms with Gasteiger partial charge in [0.1, 0.15) is 11.0 Å². The lowest BCUT2D eigenvalue weighted by Gasteiger charge is -2.23. The van der Waals surface area contributed by atoms with Gasteiger partial charge in [0.05, 0.1) is 41.1 Å². The van der Waals surface area contributed by atoms with E-state index >= 15 is 0 Å². The number of nitrogens with one attached hydrogen (secondary N) is 1. The molecule has 180 valence electrons. The molecule has 0 saturated carbocycles. The molecule has 5 rings (SSSR count). The fourth-order valence-corrected chi connectivity index (χ4v) is 4.57. The molecule has 10 nitrogen and oxygen atoms in total. The van der Waals surface area contributed by atoms with Gasteiger partial charge in [-0.1, -0.05) is 11.6 Å². The van der Waals surface area contributed by atoms with E-state index in [2.05, 4.69) is 15.4 Å². The summed E-state index contributed by atoms with van der Waals surface area (Å²) in [4.78, 5) is 35.5. The Bertz CT molecular complexity index is 1570. The number of anilines is 2. The molecule has 1 atom stereocenters. The van der Waals surface area contributed by atoms with E-state index in [-0.39, 0.29) is 27.5 Å². The first kappa shape index (κ1) is 22.8. The summed E-state index contributed by atoms with van der Waals surface area (Å²) in [6.45, 7) is 2.79. The van der Waals surface area contributed by atoms with E-state index in [4.69, 9.17) is 16.6 Å². The minimum absolute atomic E-state index is 0.0356. The van der Waals surface area contributed by atoms with Crippen molar-refractivity contribution in [3.8, 4) is 0 Å². The van der Waals surface area contributed by atoms with Gasteiger partial charge in [0.25, 0.3) is 5.56 Å². The summed E-state index contributed by atoms with van der Waals surface area (Å²) in [5.74, 6) is -1.41. The number of hydrogen-bond acceptors (Lipinski definition) is 7. The third kappa shape index (κ3) is 3.87. The third-order valence-electron chi connectivity index (χ3n) is 6.19. The van der Waals surface area contributed by atoms with Crippen LogP contribution in [-0.2, 0) is 27.2 Å². The van der Waals surface area contributed by atoms with Crippen molar-refractivity contribution in [3.05, 3.63) is 74.3 Å². The highest BCUT2D eigenvalue weighted by Gasteiger charge is 2.27. The monoisotopic (exact) mass is 497 g/mol. The second kappa shape index (κ2) is 8.35. The number of carbonyl (C=O) groups is 1. The minimum atomic E-state index is -1.26. The van der Waals surface area contributed by atoms with E-state index in [1.165, 1.54) is 28.8 Å². The van der Waals surface area contributed by atoms with Crippen molar-refractivity contribution in [2.45, 2.75) is 26.1 Å². The summed E-state index contributed by atoms with van der Waals surface area (Å²) in [5, 5.41) is 17.0. The fourth-order valence-electron chi connectivity index (χ4n) is 4.42. The van der Waals surface area contributed by atoms with Gasteiger partial charge in [0.15, 0.2) is 5.69 Å². The Balaban J connectivity index is 1.60. The molecule has 0 aliphatic carbocycles. The Morgan fingerprint density at radius 2 is 2.00 bits per heavy atom. The Morgan fingerprint density at radius 1 is 1.23 bits per heavy atom. The second-order valence-electron chi connectivity index (χ2n) is 8.46. The molecule has 1 aromatic carbocycles. The quantitative estimate of drug-likeness (QED) is 0.403. The molecule has 4 aromatic rings. The molecular formula is C23H21ClFN7O3. The first-order valence-electron chi connectivity index (χ1n) is 10.7. The van der Waals surface area contributed by atoms with Gasteiger partial charge in [0, 0.05) is 31.8 Å². The Morgan fingerprint density at radius 3 is 2.71 bits per heavy atom. The van der Waals surface area contributed by atoms with Gasteiger partial charge in [0.2, 0.25) is 5.95 Å². The van der Waals surface area contributed by atoms with Gasteiger partial charge >= 0.3 is 5.97 Å². The van der Waals surface area contributed by atoms with Crippen molar-refractivity contribution in [1.82, 2.24) is 24.3 Å². The van der Waals surface area contributed by atoms with Gasteiger partial charge in [-0.15, -0.1) is 0 Å². The standard InChI is InChI=1S/C23H21ClFN7O3/c1-11(27-16-4-5-18(24)28-20(16)22(34)35)14-6-13(25)7-15-19(14)29-23(30(2)21(15)33)32-9-12-8-26-31(3)17(12)10-32/h4-8,11,27H,9-10H2,1-3H3,(H,34,35)/t11-/m0/s1. The molecule has 0 unspecified atom stereocenters. The number of aromatic nitrogens is 5. The van der Waals surface area contributed by atoms with Crippen molar-refractivity contribution in [3.63, 3.8) is 0 Å². The molecule has 0 spiro atoms. The van der Waals surface area contributed by atoms with Crippen LogP contribution >= 0.6 is 11.6 Å². The van der Waals surface area contributed by atoms with E-state index in [0.29, 0.717) is 30.1 Å². The summed E-state index contributed by atoms with van der Waals surface area (Å²) >= 11 is 5.85. The summed E-state index contributed by atoms with van der Waals surface area (Å²) < 4.78 is 17.8. The molecule has 3 aromatic heterocycles. The molecule has 1 aliphatic rings. The normalized spacial score (nSPS) is 13.8. The van der Waals surface area contributed by atoms with E-state index in [9.17, 15) is 19.1 Å². The Kier molecular flexibility index (Phi) is 5.43. The largest absolute Gasteiger partial charge is 0.476 e. The van der Waals surface area contributed by atoms with E-state index in [0.717, 1.165) is 11.3 Å². The maximum absolute atomic E-state index is 14.6. The number of rotatable bonds is 5. The van der Waals surface area contributed by atoms with Crippen molar-refractivity contribution < 1.29 is 14.3 Å². The Labute approximate surface area is 203 Å². The van der Waals surface area contributed by atoms with E-state index in [1.807, 2.05) is 11.9 Å². The second-order valence-corrected chi connectivity index (χ2v) is 8.85. The van der Waals surface area contributed by atoms with Crippen LogP contribution in [0.1, 0.15) is 40.3 Å². The van der Waals surface area contributed by atoms with E-state index in [1.54, 1.807) is 24.9 Å². The third-order valence-corrected chi connectivity index (χ3v) is 6.40. The zero-order chi connectivity index (χ0) is 25.0. The molecule has 1 aliphatic heterocycles. The first-order valence-corrected chi connectivity index (χ1v) is 11.1. The van der Waals surface area contributed by atoms with Gasteiger partial charge in [-0.3, -0.25) is 14.0 Å². The molecule has 0 bridgehead atoms. The summed E-state index contributed by atoms with van der Waals surface area (Å²) in [7, 11) is 3.47. The van der Waals surface area contributed by atoms with Crippen molar-refractivity contribution in [2.24, 2.45) is 14.1 Å². The van der Waals surface area contributed by atoms with Crippen molar-refractivity contribution in [2.75, 3.05) is 10.2 Å². The molecule has 2 N–H and O–H groups in total. The average Bonchev–Trinajstić information content (AvgIpc) is 3.39. The number of nitrogens with zero attached hydrogens (tertiary/aromatic N) is 6. The molecule has 0 amide bonds. The number of carboxylic acids is 1. The predicted octanol–water partition coefficient (Wildman–Crippen LogP) is 3.25. The van der Waals surface area contributed by atoms with Crippen molar-refractivity contribution in [1.29, 1.82) is 0 Å². The van der Waals surface area contributed by atoms with Crippen LogP contribution in [0, 0.1) is 5.82 Å². The number of aryl methyl sites for hydroxylation is 1. The van der Waals surface area contributed by atoms with Crippen LogP contribution in [0.3, 0.4) is 0 Å². The number of aromatic carboxylic acids is 1. The smallest absolute Gasteiger partial charge is 0.356 e. The average molecular weight is 498 g/mol. The lowest BCUT2D eigenvalue weighted by atomic mass is 10.0. The zero-order valence-electron chi connectivity index (χ0n) is 19.1. The summed E-state index contributed by atoms with van der Waals surface area (Å²) in [5.41, 5.74) is 2.38. The SMILES string of the molecule is C[C@H](Nc1ccc(Cl)nc1C(=O)O)c1cc(F)cc2c(=O)n(C)c(N3Cc4cnn(C)c4C3)nc12. The molecular weight excluding hydrogens is 477 g/mol. The van der Waals surface area contributed by atoms with Gasteiger partial charge < -0.3 is 15.3 Å². The highest BCUT2D eigenvalue weighted by atomic mass is 35.5. The molecule has 35 heavy (non-hydrogen) atoms. The van der Waals surface area contributed by atoms with Crippen molar-refractivity contribution >= 4 is 40.1 Å². The summed E-state index contributed by atoms with van der Waals surface area (Å²) in [6.07, 6.45) is 1.79. The predicted molar refractivity (Wildman–Crippen MR) is 128 cm³/mol. The number of pyridine rings is 1. The zero-order valence-corrected chi connectivity index (χ0v) is 19.8. The highest BCUT2D eigenvalue weighted by Crippen LogP contribution is 2.31. The molecule has 12 heteroatoms. The first-order chi connectivity index (χ1) is 16.6. The number of hydrogen-bond donors (Lipinski definition) is 2. The minimum Gasteiger partial charge on any atom is -0.476 e.